The first-order chi connectivity index (χ1) is 19.4. The molecule has 1 heterocycles. The lowest BCUT2D eigenvalue weighted by Gasteiger charge is -2.14. The zero-order chi connectivity index (χ0) is 29.4. The van der Waals surface area contributed by atoms with Gasteiger partial charge in [-0.3, -0.25) is 4.98 Å². The van der Waals surface area contributed by atoms with Gasteiger partial charge in [-0.05, 0) is 93.9 Å². The van der Waals surface area contributed by atoms with Gasteiger partial charge in [0.25, 0.3) is 0 Å². The fourth-order valence-corrected chi connectivity index (χ4v) is 5.42. The van der Waals surface area contributed by atoms with Gasteiger partial charge in [-0.1, -0.05) is 62.4 Å². The Balaban J connectivity index is 1.66. The lowest BCUT2D eigenvalue weighted by Crippen LogP contribution is -2.04. The van der Waals surface area contributed by atoms with Crippen LogP contribution in [-0.2, 0) is 16.0 Å². The van der Waals surface area contributed by atoms with Crippen molar-refractivity contribution < 1.29 is 21.6 Å². The minimum atomic E-state index is -4.45. The molecule has 0 radical (unpaired) electrons. The van der Waals surface area contributed by atoms with Crippen molar-refractivity contribution in [2.75, 3.05) is 6.26 Å². The summed E-state index contributed by atoms with van der Waals surface area (Å²) < 4.78 is 63.8. The second kappa shape index (κ2) is 11.0. The molecule has 0 aliphatic carbocycles. The number of halogens is 3. The number of hydrogen-bond acceptors (Lipinski definition) is 3. The maximum atomic E-state index is 13.3. The van der Waals surface area contributed by atoms with Crippen LogP contribution in [0, 0.1) is 0 Å². The van der Waals surface area contributed by atoms with E-state index in [9.17, 15) is 21.6 Å². The van der Waals surface area contributed by atoms with Crippen LogP contribution in [-0.4, -0.2) is 19.7 Å². The standard InChI is InChI=1S/C34H28F3NO2S/c1-22(2)28-20-27-8-5-17-38-33(27)32(21-28)26-7-4-6-23(18-26)19-31(24-9-13-29(14-10-24)34(35,36)37)25-11-15-30(16-12-25)41(3,39)40/h4-22H,1-3H3. The topological polar surface area (TPSA) is 47.0 Å². The van der Waals surface area contributed by atoms with Crippen LogP contribution in [0.5, 0.6) is 0 Å². The molecule has 0 atom stereocenters. The molecule has 208 valence electrons. The van der Waals surface area contributed by atoms with E-state index in [1.807, 2.05) is 42.5 Å². The van der Waals surface area contributed by atoms with E-state index in [4.69, 9.17) is 0 Å². The molecule has 0 unspecified atom stereocenters. The van der Waals surface area contributed by atoms with Crippen molar-refractivity contribution in [3.8, 4) is 11.1 Å². The molecule has 4 aromatic carbocycles. The largest absolute Gasteiger partial charge is 0.416 e. The number of sulfone groups is 1. The van der Waals surface area contributed by atoms with Crippen LogP contribution >= 0.6 is 0 Å². The summed E-state index contributed by atoms with van der Waals surface area (Å²) in [6, 6.07) is 27.5. The first kappa shape index (κ1) is 28.3. The number of rotatable bonds is 6. The average Bonchev–Trinajstić information content (AvgIpc) is 2.94. The Bertz CT molecular complexity index is 1860. The van der Waals surface area contributed by atoms with Crippen LogP contribution in [0.1, 0.15) is 47.6 Å². The lowest BCUT2D eigenvalue weighted by atomic mass is 9.92. The number of alkyl halides is 3. The van der Waals surface area contributed by atoms with Gasteiger partial charge < -0.3 is 0 Å². The Morgan fingerprint density at radius 3 is 2.10 bits per heavy atom. The summed E-state index contributed by atoms with van der Waals surface area (Å²) in [5.74, 6) is 0.322. The third-order valence-corrected chi connectivity index (χ3v) is 8.15. The van der Waals surface area contributed by atoms with Crippen molar-refractivity contribution >= 4 is 32.4 Å². The van der Waals surface area contributed by atoms with Crippen molar-refractivity contribution in [3.05, 3.63) is 131 Å². The van der Waals surface area contributed by atoms with Crippen molar-refractivity contribution in [1.82, 2.24) is 4.98 Å². The summed E-state index contributed by atoms with van der Waals surface area (Å²) in [6.45, 7) is 4.29. The molecule has 0 aliphatic heterocycles. The summed E-state index contributed by atoms with van der Waals surface area (Å²) in [4.78, 5) is 4.81. The van der Waals surface area contributed by atoms with Crippen molar-refractivity contribution in [2.45, 2.75) is 30.8 Å². The Labute approximate surface area is 237 Å². The number of aromatic nitrogens is 1. The number of benzene rings is 4. The van der Waals surface area contributed by atoms with Crippen LogP contribution in [0.4, 0.5) is 13.2 Å². The Morgan fingerprint density at radius 1 is 0.829 bits per heavy atom. The predicted octanol–water partition coefficient (Wildman–Crippen LogP) is 9.04. The molecular weight excluding hydrogens is 543 g/mol. The van der Waals surface area contributed by atoms with Crippen molar-refractivity contribution in [2.24, 2.45) is 0 Å². The van der Waals surface area contributed by atoms with Gasteiger partial charge in [0.05, 0.1) is 16.0 Å². The van der Waals surface area contributed by atoms with E-state index in [-0.39, 0.29) is 4.90 Å². The minimum absolute atomic E-state index is 0.166. The van der Waals surface area contributed by atoms with Gasteiger partial charge in [-0.15, -0.1) is 0 Å². The quantitative estimate of drug-likeness (QED) is 0.191. The van der Waals surface area contributed by atoms with Gasteiger partial charge in [-0.2, -0.15) is 13.2 Å². The van der Waals surface area contributed by atoms with Crippen LogP contribution in [0.3, 0.4) is 0 Å². The molecule has 3 nitrogen and oxygen atoms in total. The molecular formula is C34H28F3NO2S. The van der Waals surface area contributed by atoms with E-state index < -0.39 is 21.6 Å². The van der Waals surface area contributed by atoms with E-state index in [1.54, 1.807) is 18.3 Å². The molecule has 41 heavy (non-hydrogen) atoms. The van der Waals surface area contributed by atoms with Crippen LogP contribution < -0.4 is 0 Å². The zero-order valence-corrected chi connectivity index (χ0v) is 23.6. The van der Waals surface area contributed by atoms with Gasteiger partial charge in [0, 0.05) is 23.4 Å². The molecule has 1 aromatic heterocycles. The van der Waals surface area contributed by atoms with Crippen molar-refractivity contribution in [3.63, 3.8) is 0 Å². The summed E-state index contributed by atoms with van der Waals surface area (Å²) in [5.41, 5.74) is 6.05. The van der Waals surface area contributed by atoms with Crippen LogP contribution in [0.25, 0.3) is 33.7 Å². The van der Waals surface area contributed by atoms with Gasteiger partial charge >= 0.3 is 6.18 Å². The van der Waals surface area contributed by atoms with Crippen LogP contribution in [0.15, 0.2) is 108 Å². The van der Waals surface area contributed by atoms with Gasteiger partial charge in [0.15, 0.2) is 9.84 Å². The molecule has 0 saturated carbocycles. The smallest absolute Gasteiger partial charge is 0.256 e. The SMILES string of the molecule is CC(C)c1cc(-c2cccc(C=C(c3ccc(C(F)(F)F)cc3)c3ccc(S(C)(=O)=O)cc3)c2)c2ncccc2c1. The highest BCUT2D eigenvalue weighted by Crippen LogP contribution is 2.35. The average molecular weight is 572 g/mol. The number of pyridine rings is 1. The summed E-state index contributed by atoms with van der Waals surface area (Å²) in [6.07, 6.45) is 0.360. The molecule has 0 amide bonds. The second-order valence-electron chi connectivity index (χ2n) is 10.4. The van der Waals surface area contributed by atoms with Gasteiger partial charge in [-0.25, -0.2) is 8.42 Å². The summed E-state index contributed by atoms with van der Waals surface area (Å²) in [7, 11) is -3.41. The molecule has 0 saturated heterocycles. The van der Waals surface area contributed by atoms with E-state index in [2.05, 4.69) is 31.0 Å². The minimum Gasteiger partial charge on any atom is -0.256 e. The highest BCUT2D eigenvalue weighted by Gasteiger charge is 2.30. The molecule has 0 spiro atoms. The number of hydrogen-bond donors (Lipinski definition) is 0. The van der Waals surface area contributed by atoms with E-state index >= 15 is 0 Å². The first-order valence-electron chi connectivity index (χ1n) is 13.1. The third kappa shape index (κ3) is 6.25. The fraction of sp³-hybridized carbons (Fsp3) is 0.147. The van der Waals surface area contributed by atoms with E-state index in [0.29, 0.717) is 22.6 Å². The molecule has 5 rings (SSSR count). The van der Waals surface area contributed by atoms with E-state index in [1.165, 1.54) is 29.8 Å². The Kier molecular flexibility index (Phi) is 7.58. The maximum Gasteiger partial charge on any atom is 0.416 e. The van der Waals surface area contributed by atoms with E-state index in [0.717, 1.165) is 46.0 Å². The first-order valence-corrected chi connectivity index (χ1v) is 15.0. The molecule has 0 aliphatic rings. The normalized spacial score (nSPS) is 12.7. The Hall–Kier alpha value is -4.23. The molecule has 0 fully saturated rings. The highest BCUT2D eigenvalue weighted by atomic mass is 32.2. The lowest BCUT2D eigenvalue weighted by molar-refractivity contribution is -0.137. The highest BCUT2D eigenvalue weighted by molar-refractivity contribution is 7.90. The molecule has 5 aromatic rings. The fourth-order valence-electron chi connectivity index (χ4n) is 4.79. The van der Waals surface area contributed by atoms with Gasteiger partial charge in [0.1, 0.15) is 0 Å². The molecule has 0 N–H and O–H groups in total. The Morgan fingerprint density at radius 2 is 1.49 bits per heavy atom. The predicted molar refractivity (Wildman–Crippen MR) is 159 cm³/mol. The molecule has 7 heteroatoms. The summed E-state index contributed by atoms with van der Waals surface area (Å²) >= 11 is 0. The summed E-state index contributed by atoms with van der Waals surface area (Å²) in [5, 5.41) is 1.05. The van der Waals surface area contributed by atoms with Crippen LogP contribution in [0.2, 0.25) is 0 Å². The zero-order valence-electron chi connectivity index (χ0n) is 22.8. The maximum absolute atomic E-state index is 13.3. The van der Waals surface area contributed by atoms with Crippen molar-refractivity contribution in [1.29, 1.82) is 0 Å². The number of fused-ring (bicyclic) bond motifs is 1. The second-order valence-corrected chi connectivity index (χ2v) is 12.4. The monoisotopic (exact) mass is 571 g/mol. The van der Waals surface area contributed by atoms with Gasteiger partial charge in [0.2, 0.25) is 0 Å². The molecule has 0 bridgehead atoms. The third-order valence-electron chi connectivity index (χ3n) is 7.02. The number of nitrogens with zero attached hydrogens (tertiary/aromatic N) is 1.